The number of hydrogen-bond donors (Lipinski definition) is 0. The van der Waals surface area contributed by atoms with E-state index in [4.69, 9.17) is 13.2 Å². The molecule has 0 saturated carbocycles. The SMILES string of the molecule is Cc1ncc(Oc2ccc(F)cc2F)c(-c2cc(C(C)C)c(=O)n(C)c2)n1.O=S=O. The second-order valence-electron chi connectivity index (χ2n) is 6.63. The fraction of sp³-hybridized carbons (Fsp3) is 0.250. The molecule has 3 rings (SSSR count). The molecular weight excluding hydrogens is 416 g/mol. The van der Waals surface area contributed by atoms with Gasteiger partial charge in [-0.2, -0.15) is 8.42 Å². The maximum atomic E-state index is 14.0. The van der Waals surface area contributed by atoms with Crippen LogP contribution < -0.4 is 10.3 Å². The van der Waals surface area contributed by atoms with Gasteiger partial charge in [-0.3, -0.25) is 4.79 Å². The van der Waals surface area contributed by atoms with Gasteiger partial charge in [0.15, 0.2) is 17.3 Å². The number of aromatic nitrogens is 3. The van der Waals surface area contributed by atoms with Gasteiger partial charge in [-0.1, -0.05) is 13.8 Å². The third-order valence-corrected chi connectivity index (χ3v) is 4.10. The predicted molar refractivity (Wildman–Crippen MR) is 107 cm³/mol. The summed E-state index contributed by atoms with van der Waals surface area (Å²) >= 11 is -0.750. The van der Waals surface area contributed by atoms with Gasteiger partial charge in [0.25, 0.3) is 5.56 Å². The summed E-state index contributed by atoms with van der Waals surface area (Å²) in [7, 11) is 1.66. The maximum absolute atomic E-state index is 14.0. The van der Waals surface area contributed by atoms with Crippen molar-refractivity contribution >= 4 is 11.6 Å². The van der Waals surface area contributed by atoms with Crippen molar-refractivity contribution in [1.82, 2.24) is 14.5 Å². The molecule has 0 saturated heterocycles. The van der Waals surface area contributed by atoms with Crippen molar-refractivity contribution in [2.75, 3.05) is 0 Å². The molecule has 0 bridgehead atoms. The molecule has 0 aliphatic carbocycles. The van der Waals surface area contributed by atoms with Crippen LogP contribution in [0.2, 0.25) is 0 Å². The van der Waals surface area contributed by atoms with Crippen molar-refractivity contribution in [3.63, 3.8) is 0 Å². The van der Waals surface area contributed by atoms with Crippen LogP contribution in [0, 0.1) is 18.6 Å². The molecule has 0 amide bonds. The van der Waals surface area contributed by atoms with Gasteiger partial charge >= 0.3 is 11.6 Å². The van der Waals surface area contributed by atoms with E-state index < -0.39 is 23.2 Å². The second-order valence-corrected chi connectivity index (χ2v) is 6.77. The molecule has 0 atom stereocenters. The lowest BCUT2D eigenvalue weighted by Gasteiger charge is -2.14. The fourth-order valence-electron chi connectivity index (χ4n) is 2.70. The first kappa shape index (κ1) is 23.0. The van der Waals surface area contributed by atoms with Crippen molar-refractivity contribution in [1.29, 1.82) is 0 Å². The summed E-state index contributed by atoms with van der Waals surface area (Å²) in [5.74, 6) is -0.939. The van der Waals surface area contributed by atoms with E-state index in [1.54, 1.807) is 26.2 Å². The molecule has 0 radical (unpaired) electrons. The maximum Gasteiger partial charge on any atom is 0.335 e. The number of hydrogen-bond acceptors (Lipinski definition) is 6. The Kier molecular flexibility index (Phi) is 7.65. The zero-order chi connectivity index (χ0) is 22.4. The normalized spacial score (nSPS) is 10.4. The summed E-state index contributed by atoms with van der Waals surface area (Å²) in [6.45, 7) is 5.57. The van der Waals surface area contributed by atoms with E-state index in [-0.39, 0.29) is 23.0 Å². The smallest absolute Gasteiger partial charge is 0.335 e. The van der Waals surface area contributed by atoms with E-state index in [0.29, 0.717) is 22.6 Å². The van der Waals surface area contributed by atoms with Gasteiger partial charge in [0.2, 0.25) is 0 Å². The van der Waals surface area contributed by atoms with E-state index in [9.17, 15) is 13.6 Å². The molecule has 1 aromatic carbocycles. The summed E-state index contributed by atoms with van der Waals surface area (Å²) in [6, 6.07) is 4.81. The van der Waals surface area contributed by atoms with Crippen LogP contribution in [0.3, 0.4) is 0 Å². The lowest BCUT2D eigenvalue weighted by atomic mass is 10.0. The van der Waals surface area contributed by atoms with Gasteiger partial charge in [0.05, 0.1) is 6.20 Å². The lowest BCUT2D eigenvalue weighted by molar-refractivity contribution is 0.435. The number of aryl methyl sites for hydroxylation is 2. The predicted octanol–water partition coefficient (Wildman–Crippen LogP) is 3.67. The Balaban J connectivity index is 0.00000101. The zero-order valence-corrected chi connectivity index (χ0v) is 17.5. The first-order valence-corrected chi connectivity index (χ1v) is 9.43. The Morgan fingerprint density at radius 1 is 1.13 bits per heavy atom. The Labute approximate surface area is 175 Å². The van der Waals surface area contributed by atoms with Crippen LogP contribution in [-0.4, -0.2) is 23.0 Å². The highest BCUT2D eigenvalue weighted by Gasteiger charge is 2.17. The number of nitrogens with zero attached hydrogens (tertiary/aromatic N) is 3. The van der Waals surface area contributed by atoms with E-state index >= 15 is 0 Å². The van der Waals surface area contributed by atoms with E-state index in [1.807, 2.05) is 13.8 Å². The Morgan fingerprint density at radius 3 is 2.40 bits per heavy atom. The largest absolute Gasteiger partial charge is 0.450 e. The quantitative estimate of drug-likeness (QED) is 0.621. The summed E-state index contributed by atoms with van der Waals surface area (Å²) in [5, 5.41) is 0. The first-order valence-electron chi connectivity index (χ1n) is 8.77. The minimum Gasteiger partial charge on any atom is -0.450 e. The molecule has 0 aliphatic heterocycles. The molecule has 158 valence electrons. The summed E-state index contributed by atoms with van der Waals surface area (Å²) in [6.07, 6.45) is 3.07. The van der Waals surface area contributed by atoms with Crippen LogP contribution in [0.4, 0.5) is 8.78 Å². The molecule has 0 aliphatic rings. The van der Waals surface area contributed by atoms with Crippen molar-refractivity contribution in [3.8, 4) is 22.8 Å². The van der Waals surface area contributed by atoms with Crippen molar-refractivity contribution in [2.24, 2.45) is 7.05 Å². The third-order valence-electron chi connectivity index (χ3n) is 4.10. The van der Waals surface area contributed by atoms with Gasteiger partial charge in [-0.15, -0.1) is 0 Å². The molecule has 30 heavy (non-hydrogen) atoms. The molecule has 2 heterocycles. The molecule has 7 nitrogen and oxygen atoms in total. The molecule has 0 fully saturated rings. The number of rotatable bonds is 4. The van der Waals surface area contributed by atoms with Gasteiger partial charge < -0.3 is 9.30 Å². The number of benzene rings is 1. The summed E-state index contributed by atoms with van der Waals surface area (Å²) in [5.41, 5.74) is 1.60. The van der Waals surface area contributed by atoms with Gasteiger partial charge in [-0.05, 0) is 31.0 Å². The highest BCUT2D eigenvalue weighted by molar-refractivity contribution is 7.51. The van der Waals surface area contributed by atoms with Crippen LogP contribution in [0.5, 0.6) is 11.5 Å². The molecule has 0 unspecified atom stereocenters. The van der Waals surface area contributed by atoms with Crippen LogP contribution in [0.1, 0.15) is 31.2 Å². The minimum absolute atomic E-state index is 0.0190. The van der Waals surface area contributed by atoms with Crippen LogP contribution >= 0.6 is 0 Å². The Morgan fingerprint density at radius 2 is 1.80 bits per heavy atom. The number of ether oxygens (including phenoxy) is 1. The minimum atomic E-state index is -0.829. The van der Waals surface area contributed by atoms with Gasteiger partial charge in [0, 0.05) is 30.4 Å². The average molecular weight is 435 g/mol. The van der Waals surface area contributed by atoms with E-state index in [0.717, 1.165) is 12.1 Å². The first-order chi connectivity index (χ1) is 14.2. The molecule has 10 heteroatoms. The highest BCUT2D eigenvalue weighted by Crippen LogP contribution is 2.33. The van der Waals surface area contributed by atoms with Crippen LogP contribution in [0.15, 0.2) is 41.5 Å². The van der Waals surface area contributed by atoms with E-state index in [1.165, 1.54) is 16.8 Å². The van der Waals surface area contributed by atoms with E-state index in [2.05, 4.69) is 9.97 Å². The standard InChI is InChI=1S/C20H19F2N3O2.O2S/c1-11(2)15-7-13(10-25(4)20(15)26)19-18(9-23-12(3)24-19)27-17-6-5-14(21)8-16(17)22;1-3-2/h5-11H,1-4H3;. The molecular formula is C20H19F2N3O4S. The monoisotopic (exact) mass is 435 g/mol. The van der Waals surface area contributed by atoms with Crippen molar-refractivity contribution < 1.29 is 21.9 Å². The molecule has 2 aromatic heterocycles. The highest BCUT2D eigenvalue weighted by atomic mass is 32.1. The molecule has 3 aromatic rings. The van der Waals surface area contributed by atoms with Gasteiger partial charge in [-0.25, -0.2) is 18.7 Å². The lowest BCUT2D eigenvalue weighted by Crippen LogP contribution is -2.21. The van der Waals surface area contributed by atoms with Crippen molar-refractivity contribution in [3.05, 3.63) is 70.0 Å². The van der Waals surface area contributed by atoms with Crippen LogP contribution in [0.25, 0.3) is 11.3 Å². The molecule has 0 N–H and O–H groups in total. The average Bonchev–Trinajstić information content (AvgIpc) is 2.67. The summed E-state index contributed by atoms with van der Waals surface area (Å²) in [4.78, 5) is 20.8. The number of halogens is 2. The Hall–Kier alpha value is -3.27. The zero-order valence-electron chi connectivity index (χ0n) is 16.7. The van der Waals surface area contributed by atoms with Crippen molar-refractivity contribution in [2.45, 2.75) is 26.7 Å². The summed E-state index contributed by atoms with van der Waals surface area (Å²) < 4.78 is 50.8. The third kappa shape index (κ3) is 5.41. The Bertz CT molecular complexity index is 1160. The number of pyridine rings is 1. The van der Waals surface area contributed by atoms with Gasteiger partial charge in [0.1, 0.15) is 17.3 Å². The van der Waals surface area contributed by atoms with Crippen LogP contribution in [-0.2, 0) is 18.6 Å². The molecule has 0 spiro atoms. The topological polar surface area (TPSA) is 91.2 Å². The second kappa shape index (κ2) is 9.97. The fourth-order valence-corrected chi connectivity index (χ4v) is 2.70.